The van der Waals surface area contributed by atoms with Crippen LogP contribution in [0.5, 0.6) is 0 Å². The number of para-hydroxylation sites is 1. The van der Waals surface area contributed by atoms with Crippen molar-refractivity contribution in [2.75, 3.05) is 11.9 Å². The van der Waals surface area contributed by atoms with Crippen molar-refractivity contribution in [3.8, 4) is 0 Å². The van der Waals surface area contributed by atoms with Gasteiger partial charge in [-0.2, -0.15) is 0 Å². The van der Waals surface area contributed by atoms with Crippen molar-refractivity contribution in [2.24, 2.45) is 0 Å². The summed E-state index contributed by atoms with van der Waals surface area (Å²) >= 11 is 0. The second kappa shape index (κ2) is 5.86. The molecule has 0 aliphatic rings. The van der Waals surface area contributed by atoms with E-state index in [4.69, 9.17) is 5.11 Å². The van der Waals surface area contributed by atoms with Crippen LogP contribution in [-0.2, 0) is 0 Å². The molecule has 0 aliphatic heterocycles. The van der Waals surface area contributed by atoms with Crippen LogP contribution in [0.4, 0.5) is 5.69 Å². The molecule has 0 radical (unpaired) electrons. The van der Waals surface area contributed by atoms with Crippen molar-refractivity contribution in [1.29, 1.82) is 0 Å². The van der Waals surface area contributed by atoms with Crippen molar-refractivity contribution in [2.45, 2.75) is 13.0 Å². The first-order chi connectivity index (χ1) is 5.33. The van der Waals surface area contributed by atoms with E-state index in [9.17, 15) is 0 Å². The average molecular weight is 188 g/mol. The van der Waals surface area contributed by atoms with Gasteiger partial charge in [-0.3, -0.25) is 0 Å². The lowest BCUT2D eigenvalue weighted by atomic mass is 10.3. The minimum atomic E-state index is 0. The highest BCUT2D eigenvalue weighted by atomic mass is 35.5. The number of anilines is 1. The molecule has 0 saturated heterocycles. The van der Waals surface area contributed by atoms with Crippen LogP contribution >= 0.6 is 12.4 Å². The standard InChI is InChI=1S/C9H13NO.ClH/c1-8(7-11)10-9-5-3-2-4-6-9;/h2-6,8,10-11H,7H2,1H3;1H. The third-order valence-corrected chi connectivity index (χ3v) is 1.46. The topological polar surface area (TPSA) is 32.3 Å². The van der Waals surface area contributed by atoms with Gasteiger partial charge >= 0.3 is 0 Å². The fourth-order valence-corrected chi connectivity index (χ4v) is 0.865. The SMILES string of the molecule is CC(CO)Nc1ccccc1.Cl. The highest BCUT2D eigenvalue weighted by molar-refractivity contribution is 5.85. The van der Waals surface area contributed by atoms with Crippen LogP contribution in [0.15, 0.2) is 30.3 Å². The zero-order chi connectivity index (χ0) is 8.10. The molecular formula is C9H14ClNO. The number of halogens is 1. The first-order valence-corrected chi connectivity index (χ1v) is 3.75. The van der Waals surface area contributed by atoms with E-state index in [1.165, 1.54) is 0 Å². The average Bonchev–Trinajstić information content (AvgIpc) is 2.06. The second-order valence-corrected chi connectivity index (χ2v) is 2.59. The van der Waals surface area contributed by atoms with Gasteiger partial charge in [-0.1, -0.05) is 18.2 Å². The van der Waals surface area contributed by atoms with Gasteiger partial charge in [0.05, 0.1) is 6.61 Å². The smallest absolute Gasteiger partial charge is 0.0630 e. The fourth-order valence-electron chi connectivity index (χ4n) is 0.865. The summed E-state index contributed by atoms with van der Waals surface area (Å²) in [4.78, 5) is 0. The maximum atomic E-state index is 8.73. The normalized spacial score (nSPS) is 11.5. The molecule has 68 valence electrons. The van der Waals surface area contributed by atoms with Crippen LogP contribution in [0.25, 0.3) is 0 Å². The predicted molar refractivity (Wildman–Crippen MR) is 53.9 cm³/mol. The van der Waals surface area contributed by atoms with Gasteiger partial charge < -0.3 is 10.4 Å². The van der Waals surface area contributed by atoms with Crippen molar-refractivity contribution in [3.05, 3.63) is 30.3 Å². The van der Waals surface area contributed by atoms with E-state index in [0.29, 0.717) is 0 Å². The highest BCUT2D eigenvalue weighted by Crippen LogP contribution is 2.05. The van der Waals surface area contributed by atoms with Crippen LogP contribution < -0.4 is 5.32 Å². The Kier molecular flexibility index (Phi) is 5.51. The number of aliphatic hydroxyl groups is 1. The molecule has 1 rings (SSSR count). The molecule has 0 saturated carbocycles. The first-order valence-electron chi connectivity index (χ1n) is 3.75. The van der Waals surface area contributed by atoms with E-state index in [-0.39, 0.29) is 25.1 Å². The van der Waals surface area contributed by atoms with Crippen LogP contribution in [0.1, 0.15) is 6.92 Å². The molecule has 2 N–H and O–H groups in total. The molecule has 0 aromatic heterocycles. The number of rotatable bonds is 3. The van der Waals surface area contributed by atoms with Crippen LogP contribution in [-0.4, -0.2) is 17.8 Å². The molecule has 1 atom stereocenters. The highest BCUT2D eigenvalue weighted by Gasteiger charge is 1.96. The van der Waals surface area contributed by atoms with E-state index in [1.54, 1.807) is 0 Å². The van der Waals surface area contributed by atoms with Crippen molar-refractivity contribution < 1.29 is 5.11 Å². The summed E-state index contributed by atoms with van der Waals surface area (Å²) in [5, 5.41) is 11.9. The van der Waals surface area contributed by atoms with Gasteiger partial charge in [0.25, 0.3) is 0 Å². The van der Waals surface area contributed by atoms with E-state index in [0.717, 1.165) is 5.69 Å². The molecular weight excluding hydrogens is 174 g/mol. The Morgan fingerprint density at radius 3 is 2.42 bits per heavy atom. The molecule has 0 fully saturated rings. The van der Waals surface area contributed by atoms with Crippen molar-refractivity contribution in [3.63, 3.8) is 0 Å². The Bertz CT molecular complexity index is 203. The molecule has 2 nitrogen and oxygen atoms in total. The largest absolute Gasteiger partial charge is 0.394 e. The zero-order valence-corrected chi connectivity index (χ0v) is 7.84. The first kappa shape index (κ1) is 11.3. The second-order valence-electron chi connectivity index (χ2n) is 2.59. The Morgan fingerprint density at radius 1 is 1.33 bits per heavy atom. The molecule has 0 spiro atoms. The Balaban J connectivity index is 0.00000121. The molecule has 1 aromatic rings. The van der Waals surface area contributed by atoms with E-state index >= 15 is 0 Å². The Hall–Kier alpha value is -0.730. The van der Waals surface area contributed by atoms with Gasteiger partial charge in [0, 0.05) is 11.7 Å². The van der Waals surface area contributed by atoms with E-state index in [1.807, 2.05) is 37.3 Å². The lowest BCUT2D eigenvalue weighted by Gasteiger charge is -2.11. The molecule has 3 heteroatoms. The van der Waals surface area contributed by atoms with E-state index in [2.05, 4.69) is 5.32 Å². The quantitative estimate of drug-likeness (QED) is 0.758. The van der Waals surface area contributed by atoms with E-state index < -0.39 is 0 Å². The van der Waals surface area contributed by atoms with Gasteiger partial charge in [0.2, 0.25) is 0 Å². The maximum Gasteiger partial charge on any atom is 0.0630 e. The van der Waals surface area contributed by atoms with Crippen LogP contribution in [0.2, 0.25) is 0 Å². The van der Waals surface area contributed by atoms with Gasteiger partial charge in [-0.15, -0.1) is 12.4 Å². The van der Waals surface area contributed by atoms with Gasteiger partial charge in [-0.25, -0.2) is 0 Å². The fraction of sp³-hybridized carbons (Fsp3) is 0.333. The van der Waals surface area contributed by atoms with Gasteiger partial charge in [0.1, 0.15) is 0 Å². The van der Waals surface area contributed by atoms with Crippen LogP contribution in [0, 0.1) is 0 Å². The third-order valence-electron chi connectivity index (χ3n) is 1.46. The van der Waals surface area contributed by atoms with Gasteiger partial charge in [-0.05, 0) is 19.1 Å². The lowest BCUT2D eigenvalue weighted by molar-refractivity contribution is 0.281. The van der Waals surface area contributed by atoms with Gasteiger partial charge in [0.15, 0.2) is 0 Å². The number of hydrogen-bond donors (Lipinski definition) is 2. The molecule has 12 heavy (non-hydrogen) atoms. The summed E-state index contributed by atoms with van der Waals surface area (Å²) in [7, 11) is 0. The molecule has 1 unspecified atom stereocenters. The lowest BCUT2D eigenvalue weighted by Crippen LogP contribution is -2.18. The summed E-state index contributed by atoms with van der Waals surface area (Å²) in [6.45, 7) is 2.10. The minimum absolute atomic E-state index is 0. The predicted octanol–water partition coefficient (Wildman–Crippen LogP) is 1.90. The number of nitrogens with one attached hydrogen (secondary N) is 1. The monoisotopic (exact) mass is 187 g/mol. The maximum absolute atomic E-state index is 8.73. The Morgan fingerprint density at radius 2 is 1.92 bits per heavy atom. The zero-order valence-electron chi connectivity index (χ0n) is 7.03. The third kappa shape index (κ3) is 3.60. The number of aliphatic hydroxyl groups excluding tert-OH is 1. The molecule has 0 heterocycles. The Labute approximate surface area is 79.0 Å². The molecule has 1 aromatic carbocycles. The van der Waals surface area contributed by atoms with Crippen LogP contribution in [0.3, 0.4) is 0 Å². The van der Waals surface area contributed by atoms with Crippen molar-refractivity contribution in [1.82, 2.24) is 0 Å². The molecule has 0 aliphatic carbocycles. The molecule has 0 bridgehead atoms. The summed E-state index contributed by atoms with van der Waals surface area (Å²) in [5.41, 5.74) is 1.05. The summed E-state index contributed by atoms with van der Waals surface area (Å²) in [6, 6.07) is 9.98. The minimum Gasteiger partial charge on any atom is -0.394 e. The summed E-state index contributed by atoms with van der Waals surface area (Å²) in [5.74, 6) is 0. The molecule has 0 amide bonds. The van der Waals surface area contributed by atoms with Crippen molar-refractivity contribution >= 4 is 18.1 Å². The summed E-state index contributed by atoms with van der Waals surface area (Å²) in [6.07, 6.45) is 0. The summed E-state index contributed by atoms with van der Waals surface area (Å²) < 4.78 is 0. The number of hydrogen-bond acceptors (Lipinski definition) is 2. The number of benzene rings is 1.